The molecular weight excluding hydrogens is 414 g/mol. The van der Waals surface area contributed by atoms with Crippen LogP contribution in [0.25, 0.3) is 0 Å². The van der Waals surface area contributed by atoms with E-state index in [1.165, 1.54) is 0 Å². The Bertz CT molecular complexity index is 1010. The van der Waals surface area contributed by atoms with Gasteiger partial charge in [-0.25, -0.2) is 0 Å². The summed E-state index contributed by atoms with van der Waals surface area (Å²) in [5, 5.41) is 0.576. The van der Waals surface area contributed by atoms with Gasteiger partial charge in [0.1, 0.15) is 17.1 Å². The van der Waals surface area contributed by atoms with Crippen LogP contribution in [0.1, 0.15) is 59.4 Å². The van der Waals surface area contributed by atoms with Crippen LogP contribution < -0.4 is 9.47 Å². The Morgan fingerprint density at radius 1 is 1.23 bits per heavy atom. The minimum absolute atomic E-state index is 0.0185. The lowest BCUT2D eigenvalue weighted by Gasteiger charge is -2.44. The van der Waals surface area contributed by atoms with Crippen molar-refractivity contribution in [3.63, 3.8) is 0 Å². The smallest absolute Gasteiger partial charge is 0.253 e. The van der Waals surface area contributed by atoms with Crippen molar-refractivity contribution in [1.82, 2.24) is 4.90 Å². The third kappa shape index (κ3) is 4.57. The Hall–Kier alpha value is -2.53. The van der Waals surface area contributed by atoms with Gasteiger partial charge in [-0.1, -0.05) is 31.5 Å². The second-order valence-corrected chi connectivity index (χ2v) is 9.41. The van der Waals surface area contributed by atoms with Gasteiger partial charge in [0.05, 0.1) is 18.6 Å². The normalized spacial score (nSPS) is 17.5. The zero-order valence-corrected chi connectivity index (χ0v) is 19.0. The SMILES string of the molecule is Cc1cc2c(cc1Cl)C(=O)CC1(CCN(C(=O)c3cccc(OCC(C)C)c3)CC1)O2. The molecule has 0 N–H and O–H groups in total. The van der Waals surface area contributed by atoms with E-state index in [1.807, 2.05) is 36.1 Å². The number of hydrogen-bond donors (Lipinski definition) is 0. The second-order valence-electron chi connectivity index (χ2n) is 9.01. The number of rotatable bonds is 4. The van der Waals surface area contributed by atoms with Crippen LogP contribution in [0.5, 0.6) is 11.5 Å². The fourth-order valence-corrected chi connectivity index (χ4v) is 4.34. The van der Waals surface area contributed by atoms with Crippen LogP contribution in [0.15, 0.2) is 36.4 Å². The topological polar surface area (TPSA) is 55.8 Å². The maximum Gasteiger partial charge on any atom is 0.253 e. The van der Waals surface area contributed by atoms with E-state index in [0.717, 1.165) is 5.56 Å². The first-order valence-corrected chi connectivity index (χ1v) is 11.2. The molecule has 1 saturated heterocycles. The van der Waals surface area contributed by atoms with E-state index >= 15 is 0 Å². The first kappa shape index (κ1) is 21.7. The molecule has 0 atom stereocenters. The Morgan fingerprint density at radius 3 is 2.68 bits per heavy atom. The molecule has 2 aliphatic heterocycles. The standard InChI is InChI=1S/C25H28ClNO4/c1-16(2)15-30-19-6-4-5-18(12-19)24(29)27-9-7-25(8-10-27)14-22(28)20-13-21(26)17(3)11-23(20)31-25/h4-6,11-13,16H,7-10,14-15H2,1-3H3. The predicted molar refractivity (Wildman–Crippen MR) is 120 cm³/mol. The number of carbonyl (C=O) groups is 2. The highest BCUT2D eigenvalue weighted by Crippen LogP contribution is 2.41. The molecule has 2 heterocycles. The number of halogens is 1. The number of Topliss-reactive ketones (excluding diaryl/α,β-unsaturated/α-hetero) is 1. The third-order valence-corrected chi connectivity index (χ3v) is 6.40. The summed E-state index contributed by atoms with van der Waals surface area (Å²) in [6, 6.07) is 10.9. The number of benzene rings is 2. The molecule has 2 aromatic carbocycles. The van der Waals surface area contributed by atoms with Gasteiger partial charge in [0.15, 0.2) is 5.78 Å². The number of nitrogens with zero attached hydrogens (tertiary/aromatic N) is 1. The minimum atomic E-state index is -0.552. The predicted octanol–water partition coefficient (Wildman–Crippen LogP) is 5.32. The van der Waals surface area contributed by atoms with Gasteiger partial charge in [-0.2, -0.15) is 0 Å². The van der Waals surface area contributed by atoms with Crippen molar-refractivity contribution in [1.29, 1.82) is 0 Å². The summed E-state index contributed by atoms with van der Waals surface area (Å²) >= 11 is 6.19. The van der Waals surface area contributed by atoms with Crippen LogP contribution in [-0.4, -0.2) is 41.9 Å². The molecule has 0 aliphatic carbocycles. The van der Waals surface area contributed by atoms with Gasteiger partial charge in [-0.3, -0.25) is 9.59 Å². The Balaban J connectivity index is 1.44. The minimum Gasteiger partial charge on any atom is -0.493 e. The lowest BCUT2D eigenvalue weighted by molar-refractivity contribution is -0.00574. The van der Waals surface area contributed by atoms with Crippen molar-refractivity contribution in [2.75, 3.05) is 19.7 Å². The molecule has 6 heteroatoms. The molecule has 164 valence electrons. The molecule has 2 aromatic rings. The van der Waals surface area contributed by atoms with Crippen LogP contribution in [0.2, 0.25) is 5.02 Å². The number of ketones is 1. The van der Waals surface area contributed by atoms with Gasteiger partial charge in [-0.05, 0) is 48.7 Å². The third-order valence-electron chi connectivity index (χ3n) is 6.00. The highest BCUT2D eigenvalue weighted by Gasteiger charge is 2.44. The molecule has 5 nitrogen and oxygen atoms in total. The van der Waals surface area contributed by atoms with E-state index in [-0.39, 0.29) is 11.7 Å². The molecule has 1 fully saturated rings. The fraction of sp³-hybridized carbons (Fsp3) is 0.440. The summed E-state index contributed by atoms with van der Waals surface area (Å²) in [6.07, 6.45) is 1.56. The van der Waals surface area contributed by atoms with Crippen molar-refractivity contribution in [2.24, 2.45) is 5.92 Å². The number of likely N-dealkylation sites (tertiary alicyclic amines) is 1. The number of amides is 1. The van der Waals surface area contributed by atoms with Gasteiger partial charge in [0.2, 0.25) is 0 Å². The Labute approximate surface area is 188 Å². The summed E-state index contributed by atoms with van der Waals surface area (Å²) in [6.45, 7) is 7.78. The Kier molecular flexibility index (Phi) is 5.98. The van der Waals surface area contributed by atoms with Gasteiger partial charge in [0, 0.05) is 36.5 Å². The van der Waals surface area contributed by atoms with Crippen LogP contribution in [0.3, 0.4) is 0 Å². The zero-order valence-electron chi connectivity index (χ0n) is 18.2. The average molecular weight is 442 g/mol. The van der Waals surface area contributed by atoms with Crippen molar-refractivity contribution >= 4 is 23.3 Å². The average Bonchev–Trinajstić information content (AvgIpc) is 2.74. The molecule has 31 heavy (non-hydrogen) atoms. The first-order chi connectivity index (χ1) is 14.8. The van der Waals surface area contributed by atoms with Gasteiger partial charge in [0.25, 0.3) is 5.91 Å². The van der Waals surface area contributed by atoms with Crippen LogP contribution in [0, 0.1) is 12.8 Å². The van der Waals surface area contributed by atoms with Crippen LogP contribution in [-0.2, 0) is 0 Å². The lowest BCUT2D eigenvalue weighted by atomic mass is 9.82. The van der Waals surface area contributed by atoms with Crippen LogP contribution >= 0.6 is 11.6 Å². The number of aryl methyl sites for hydroxylation is 1. The van der Waals surface area contributed by atoms with E-state index in [0.29, 0.717) is 72.5 Å². The van der Waals surface area contributed by atoms with Gasteiger partial charge < -0.3 is 14.4 Å². The van der Waals surface area contributed by atoms with E-state index in [9.17, 15) is 9.59 Å². The highest BCUT2D eigenvalue weighted by molar-refractivity contribution is 6.31. The Morgan fingerprint density at radius 2 is 1.97 bits per heavy atom. The monoisotopic (exact) mass is 441 g/mol. The molecule has 2 aliphatic rings. The molecule has 1 amide bonds. The number of fused-ring (bicyclic) bond motifs is 1. The van der Waals surface area contributed by atoms with Gasteiger partial charge >= 0.3 is 0 Å². The lowest BCUT2D eigenvalue weighted by Crippen LogP contribution is -2.52. The van der Waals surface area contributed by atoms with E-state index in [4.69, 9.17) is 21.1 Å². The van der Waals surface area contributed by atoms with E-state index in [1.54, 1.807) is 12.1 Å². The van der Waals surface area contributed by atoms with Crippen molar-refractivity contribution < 1.29 is 19.1 Å². The van der Waals surface area contributed by atoms with E-state index in [2.05, 4.69) is 13.8 Å². The number of carbonyl (C=O) groups excluding carboxylic acids is 2. The molecule has 1 spiro atoms. The van der Waals surface area contributed by atoms with Gasteiger partial charge in [-0.15, -0.1) is 0 Å². The summed E-state index contributed by atoms with van der Waals surface area (Å²) in [5.41, 5.74) is 1.51. The maximum absolute atomic E-state index is 13.1. The molecule has 0 unspecified atom stereocenters. The molecule has 0 saturated carbocycles. The fourth-order valence-electron chi connectivity index (χ4n) is 4.18. The molecule has 4 rings (SSSR count). The van der Waals surface area contributed by atoms with Crippen LogP contribution in [0.4, 0.5) is 0 Å². The summed E-state index contributed by atoms with van der Waals surface area (Å²) in [7, 11) is 0. The van der Waals surface area contributed by atoms with Crippen molar-refractivity contribution in [3.05, 3.63) is 58.1 Å². The van der Waals surface area contributed by atoms with Crippen molar-refractivity contribution in [3.8, 4) is 11.5 Å². The maximum atomic E-state index is 13.1. The summed E-state index contributed by atoms with van der Waals surface area (Å²) in [5.74, 6) is 1.77. The number of ether oxygens (including phenoxy) is 2. The molecule has 0 radical (unpaired) electrons. The molecule has 0 bridgehead atoms. The second kappa shape index (κ2) is 8.54. The van der Waals surface area contributed by atoms with Crippen molar-refractivity contribution in [2.45, 2.75) is 45.6 Å². The largest absolute Gasteiger partial charge is 0.493 e. The molecule has 0 aromatic heterocycles. The quantitative estimate of drug-likeness (QED) is 0.644. The van der Waals surface area contributed by atoms with E-state index < -0.39 is 5.60 Å². The molecular formula is C25H28ClNO4. The number of piperidine rings is 1. The summed E-state index contributed by atoms with van der Waals surface area (Å²) < 4.78 is 12.1. The zero-order chi connectivity index (χ0) is 22.2. The summed E-state index contributed by atoms with van der Waals surface area (Å²) in [4.78, 5) is 27.7. The first-order valence-electron chi connectivity index (χ1n) is 10.8. The number of hydrogen-bond acceptors (Lipinski definition) is 4. The highest BCUT2D eigenvalue weighted by atomic mass is 35.5.